The van der Waals surface area contributed by atoms with E-state index < -0.39 is 17.4 Å². The number of carbonyl (C=O) groups excluding carboxylic acids is 2. The number of amides is 2. The fourth-order valence-electron chi connectivity index (χ4n) is 5.02. The van der Waals surface area contributed by atoms with E-state index >= 15 is 0 Å². The van der Waals surface area contributed by atoms with Gasteiger partial charge in [-0.2, -0.15) is 0 Å². The highest BCUT2D eigenvalue weighted by molar-refractivity contribution is 6.03. The minimum Gasteiger partial charge on any atom is -0.497 e. The number of fused-ring (bicyclic) bond motifs is 1. The molecule has 162 valence electrons. The van der Waals surface area contributed by atoms with Crippen molar-refractivity contribution in [3.8, 4) is 5.75 Å². The zero-order chi connectivity index (χ0) is 21.5. The van der Waals surface area contributed by atoms with Gasteiger partial charge in [-0.3, -0.25) is 9.59 Å². The van der Waals surface area contributed by atoms with Crippen LogP contribution in [0.15, 0.2) is 36.4 Å². The molecule has 0 unspecified atom stereocenters. The Balaban J connectivity index is 1.47. The number of hydrogen-bond donors (Lipinski definition) is 1. The summed E-state index contributed by atoms with van der Waals surface area (Å²) in [6, 6.07) is 7.51. The molecule has 30 heavy (non-hydrogen) atoms. The number of methoxy groups -OCH3 is 1. The lowest BCUT2D eigenvalue weighted by molar-refractivity contribution is -0.132. The molecule has 5 atom stereocenters. The maximum absolute atomic E-state index is 13.4. The Morgan fingerprint density at radius 2 is 2.00 bits per heavy atom. The third-order valence-corrected chi connectivity index (χ3v) is 6.59. The van der Waals surface area contributed by atoms with Crippen LogP contribution in [0.1, 0.15) is 40.0 Å². The van der Waals surface area contributed by atoms with Crippen LogP contribution in [0.25, 0.3) is 0 Å². The Morgan fingerprint density at radius 3 is 2.67 bits per heavy atom. The van der Waals surface area contributed by atoms with Gasteiger partial charge in [0.1, 0.15) is 11.4 Å². The first-order valence-corrected chi connectivity index (χ1v) is 11.0. The molecule has 4 rings (SSSR count). The van der Waals surface area contributed by atoms with Crippen LogP contribution in [0.3, 0.4) is 0 Å². The second kappa shape index (κ2) is 8.06. The molecule has 6 heteroatoms. The summed E-state index contributed by atoms with van der Waals surface area (Å²) in [5.74, 6) is 0.343. The van der Waals surface area contributed by atoms with E-state index in [-0.39, 0.29) is 24.0 Å². The summed E-state index contributed by atoms with van der Waals surface area (Å²) >= 11 is 0. The summed E-state index contributed by atoms with van der Waals surface area (Å²) in [6.45, 7) is 6.89. The van der Waals surface area contributed by atoms with Crippen LogP contribution in [-0.4, -0.2) is 43.2 Å². The van der Waals surface area contributed by atoms with E-state index in [1.165, 1.54) is 0 Å². The molecule has 3 aliphatic rings. The summed E-state index contributed by atoms with van der Waals surface area (Å²) in [6.07, 6.45) is 6.80. The molecule has 2 saturated heterocycles. The summed E-state index contributed by atoms with van der Waals surface area (Å²) in [5, 5.41) is 3.14. The Morgan fingerprint density at radius 1 is 1.27 bits per heavy atom. The quantitative estimate of drug-likeness (QED) is 0.665. The van der Waals surface area contributed by atoms with Gasteiger partial charge in [-0.1, -0.05) is 38.8 Å². The minimum absolute atomic E-state index is 0.0420. The molecule has 6 nitrogen and oxygen atoms in total. The number of benzene rings is 1. The van der Waals surface area contributed by atoms with Gasteiger partial charge in [0.25, 0.3) is 0 Å². The topological polar surface area (TPSA) is 67.9 Å². The number of ether oxygens (including phenoxy) is 2. The Hall–Kier alpha value is -2.34. The summed E-state index contributed by atoms with van der Waals surface area (Å²) in [7, 11) is 1.61. The Bertz CT molecular complexity index is 834. The van der Waals surface area contributed by atoms with Gasteiger partial charge in [-0.15, -0.1) is 0 Å². The average Bonchev–Trinajstić information content (AvgIpc) is 3.36. The number of anilines is 1. The van der Waals surface area contributed by atoms with E-state index in [1.54, 1.807) is 12.0 Å². The van der Waals surface area contributed by atoms with Crippen LogP contribution in [-0.2, 0) is 14.3 Å². The minimum atomic E-state index is -0.704. The van der Waals surface area contributed by atoms with E-state index in [4.69, 9.17) is 9.47 Å². The predicted molar refractivity (Wildman–Crippen MR) is 115 cm³/mol. The van der Waals surface area contributed by atoms with Gasteiger partial charge in [0.05, 0.1) is 31.6 Å². The second-order valence-electron chi connectivity index (χ2n) is 9.26. The van der Waals surface area contributed by atoms with E-state index in [9.17, 15) is 9.59 Å². The lowest BCUT2D eigenvalue weighted by atomic mass is 9.76. The van der Waals surface area contributed by atoms with Crippen molar-refractivity contribution < 1.29 is 19.1 Å². The third-order valence-electron chi connectivity index (χ3n) is 6.59. The lowest BCUT2D eigenvalue weighted by Gasteiger charge is -2.25. The van der Waals surface area contributed by atoms with Crippen LogP contribution in [0.2, 0.25) is 0 Å². The zero-order valence-electron chi connectivity index (χ0n) is 18.3. The van der Waals surface area contributed by atoms with Gasteiger partial charge in [-0.25, -0.2) is 0 Å². The van der Waals surface area contributed by atoms with Gasteiger partial charge in [-0.05, 0) is 43.5 Å². The molecule has 0 radical (unpaired) electrons. The largest absolute Gasteiger partial charge is 0.497 e. The molecule has 1 aromatic rings. The highest BCUT2D eigenvalue weighted by atomic mass is 16.5. The molecule has 0 aliphatic carbocycles. The smallest absolute Gasteiger partial charge is 0.234 e. The van der Waals surface area contributed by atoms with Crippen LogP contribution < -0.4 is 15.0 Å². The van der Waals surface area contributed by atoms with Crippen molar-refractivity contribution in [3.05, 3.63) is 36.4 Å². The van der Waals surface area contributed by atoms with Crippen molar-refractivity contribution in [2.75, 3.05) is 18.6 Å². The van der Waals surface area contributed by atoms with E-state index in [1.807, 2.05) is 43.3 Å². The van der Waals surface area contributed by atoms with Crippen molar-refractivity contribution in [1.82, 2.24) is 5.32 Å². The molecule has 1 aromatic carbocycles. The molecular formula is C24H32N2O4. The SMILES string of the molecule is COc1ccc(N2C[C@@]34C=C[C@@H](O3)[C@@H](C(=O)N[C@H](C)CCCC(C)C)[C@H]4C2=O)cc1. The maximum atomic E-state index is 13.4. The van der Waals surface area contributed by atoms with Gasteiger partial charge < -0.3 is 19.7 Å². The summed E-state index contributed by atoms with van der Waals surface area (Å²) in [4.78, 5) is 28.3. The van der Waals surface area contributed by atoms with Crippen LogP contribution >= 0.6 is 0 Å². The summed E-state index contributed by atoms with van der Waals surface area (Å²) in [5.41, 5.74) is 0.0936. The molecular weight excluding hydrogens is 380 g/mol. The van der Waals surface area contributed by atoms with Crippen molar-refractivity contribution in [2.45, 2.75) is 57.8 Å². The molecule has 2 bridgehead atoms. The van der Waals surface area contributed by atoms with E-state index in [0.717, 1.165) is 30.7 Å². The molecule has 0 saturated carbocycles. The summed E-state index contributed by atoms with van der Waals surface area (Å²) < 4.78 is 11.4. The number of rotatable bonds is 8. The van der Waals surface area contributed by atoms with Crippen LogP contribution in [0, 0.1) is 17.8 Å². The number of nitrogens with zero attached hydrogens (tertiary/aromatic N) is 1. The monoisotopic (exact) mass is 412 g/mol. The van der Waals surface area contributed by atoms with E-state index in [0.29, 0.717) is 12.5 Å². The van der Waals surface area contributed by atoms with Gasteiger partial charge in [0.15, 0.2) is 0 Å². The zero-order valence-corrected chi connectivity index (χ0v) is 18.3. The Labute approximate surface area is 178 Å². The molecule has 2 fully saturated rings. The molecule has 3 aliphatic heterocycles. The number of nitrogens with one attached hydrogen (secondary N) is 1. The highest BCUT2D eigenvalue weighted by Gasteiger charge is 2.67. The first-order chi connectivity index (χ1) is 14.3. The number of carbonyl (C=O) groups is 2. The lowest BCUT2D eigenvalue weighted by Crippen LogP contribution is -2.46. The molecule has 1 spiro atoms. The average molecular weight is 413 g/mol. The van der Waals surface area contributed by atoms with Crippen molar-refractivity contribution in [2.24, 2.45) is 17.8 Å². The van der Waals surface area contributed by atoms with E-state index in [2.05, 4.69) is 19.2 Å². The normalized spacial score (nSPS) is 30.1. The fourth-order valence-corrected chi connectivity index (χ4v) is 5.02. The highest BCUT2D eigenvalue weighted by Crippen LogP contribution is 2.52. The standard InChI is InChI=1S/C24H32N2O4/c1-15(2)6-5-7-16(3)25-22(27)20-19-12-13-24(30-19)14-26(23(28)21(20)24)17-8-10-18(29-4)11-9-17/h8-13,15-16,19-21H,5-7,14H2,1-4H3,(H,25,27)/t16-,19-,20-,21+,24-/m1/s1. The van der Waals surface area contributed by atoms with Gasteiger partial charge in [0, 0.05) is 11.7 Å². The van der Waals surface area contributed by atoms with Gasteiger partial charge >= 0.3 is 0 Å². The first kappa shape index (κ1) is 20.9. The van der Waals surface area contributed by atoms with Crippen LogP contribution in [0.5, 0.6) is 5.75 Å². The van der Waals surface area contributed by atoms with Gasteiger partial charge in [0.2, 0.25) is 11.8 Å². The first-order valence-electron chi connectivity index (χ1n) is 11.0. The fraction of sp³-hybridized carbons (Fsp3) is 0.583. The molecule has 3 heterocycles. The third kappa shape index (κ3) is 3.62. The predicted octanol–water partition coefficient (Wildman–Crippen LogP) is 3.31. The molecule has 0 aromatic heterocycles. The van der Waals surface area contributed by atoms with Crippen molar-refractivity contribution in [1.29, 1.82) is 0 Å². The number of hydrogen-bond acceptors (Lipinski definition) is 4. The molecule has 2 amide bonds. The maximum Gasteiger partial charge on any atom is 0.234 e. The van der Waals surface area contributed by atoms with Crippen molar-refractivity contribution in [3.63, 3.8) is 0 Å². The second-order valence-corrected chi connectivity index (χ2v) is 9.26. The Kier molecular flexibility index (Phi) is 5.62. The molecule has 1 N–H and O–H groups in total. The van der Waals surface area contributed by atoms with Crippen molar-refractivity contribution >= 4 is 17.5 Å². The van der Waals surface area contributed by atoms with Crippen LogP contribution in [0.4, 0.5) is 5.69 Å².